The van der Waals surface area contributed by atoms with Crippen LogP contribution in [-0.4, -0.2) is 82.7 Å². The lowest BCUT2D eigenvalue weighted by molar-refractivity contribution is -0.171. The monoisotopic (exact) mass is 803 g/mol. The Bertz CT molecular complexity index is 2630. The van der Waals surface area contributed by atoms with Crippen molar-refractivity contribution in [3.8, 4) is 11.4 Å². The highest BCUT2D eigenvalue weighted by molar-refractivity contribution is 7.47. The van der Waals surface area contributed by atoms with Crippen molar-refractivity contribution in [3.05, 3.63) is 76.1 Å². The Labute approximate surface area is 321 Å². The number of pyridine rings is 2. The first-order valence-corrected chi connectivity index (χ1v) is 19.2. The van der Waals surface area contributed by atoms with Crippen LogP contribution in [0.15, 0.2) is 53.8 Å². The van der Waals surface area contributed by atoms with Crippen molar-refractivity contribution >= 4 is 59.5 Å². The summed E-state index contributed by atoms with van der Waals surface area (Å²) in [5, 5.41) is 3.42. The van der Waals surface area contributed by atoms with Gasteiger partial charge in [0.1, 0.15) is 19.0 Å². The second-order valence-corrected chi connectivity index (χ2v) is 14.9. The van der Waals surface area contributed by atoms with E-state index in [9.17, 15) is 33.4 Å². The van der Waals surface area contributed by atoms with Gasteiger partial charge in [-0.25, -0.2) is 29.3 Å². The average Bonchev–Trinajstić information content (AvgIpc) is 3.84. The molecule has 3 aliphatic rings. The van der Waals surface area contributed by atoms with Gasteiger partial charge in [-0.2, -0.15) is 0 Å². The molecule has 1 fully saturated rings. The molecule has 0 radical (unpaired) electrons. The summed E-state index contributed by atoms with van der Waals surface area (Å²) in [6.45, 7) is 4.01. The number of nitrogens with zero attached hydrogens (tertiary/aromatic N) is 6. The number of hydrogen-bond donors (Lipinski definition) is 2. The van der Waals surface area contributed by atoms with Crippen LogP contribution in [-0.2, 0) is 70.5 Å². The first-order valence-electron chi connectivity index (χ1n) is 17.7. The maximum atomic E-state index is 13.9. The molecule has 57 heavy (non-hydrogen) atoms. The van der Waals surface area contributed by atoms with Crippen molar-refractivity contribution < 1.29 is 56.6 Å². The first kappa shape index (κ1) is 38.0. The maximum absolute atomic E-state index is 13.9. The fraction of sp³-hybridized carbons (Fsp3) is 0.361. The van der Waals surface area contributed by atoms with Crippen LogP contribution in [0.1, 0.15) is 57.0 Å². The number of benzene rings is 1. The van der Waals surface area contributed by atoms with Crippen molar-refractivity contribution in [2.45, 2.75) is 77.4 Å². The number of anilines is 1. The van der Waals surface area contributed by atoms with Crippen LogP contribution in [0.25, 0.3) is 33.5 Å². The van der Waals surface area contributed by atoms with Crippen LogP contribution in [0.2, 0.25) is 0 Å². The fourth-order valence-electron chi connectivity index (χ4n) is 7.47. The van der Waals surface area contributed by atoms with Gasteiger partial charge in [0.15, 0.2) is 35.4 Å². The first-order chi connectivity index (χ1) is 27.2. The molecule has 1 amide bonds. The molecule has 0 spiro atoms. The number of phosphoric ester groups is 1. The average molecular weight is 804 g/mol. The number of hydrogen-bond acceptors (Lipinski definition) is 16. The molecule has 2 N–H and O–H groups in total. The molecule has 21 heteroatoms. The maximum Gasteiger partial charge on any atom is 0.473 e. The number of aromatic nitrogens is 6. The summed E-state index contributed by atoms with van der Waals surface area (Å²) in [4.78, 5) is 92.6. The van der Waals surface area contributed by atoms with E-state index in [1.807, 2.05) is 30.3 Å². The molecule has 1 unspecified atom stereocenters. The molecule has 3 aliphatic heterocycles. The minimum Gasteiger partial charge on any atom is -0.458 e. The highest BCUT2D eigenvalue weighted by atomic mass is 31.2. The van der Waals surface area contributed by atoms with Crippen molar-refractivity contribution in [2.75, 3.05) is 11.9 Å². The van der Waals surface area contributed by atoms with Gasteiger partial charge in [0.25, 0.3) is 5.56 Å². The van der Waals surface area contributed by atoms with Crippen LogP contribution in [0.5, 0.6) is 0 Å². The number of imidazole rings is 1. The van der Waals surface area contributed by atoms with Crippen LogP contribution >= 0.6 is 7.82 Å². The number of ether oxygens (including phenoxy) is 4. The lowest BCUT2D eigenvalue weighted by Crippen LogP contribution is -2.46. The van der Waals surface area contributed by atoms with Crippen LogP contribution in [0.3, 0.4) is 0 Å². The molecular weight excluding hydrogens is 769 g/mol. The second-order valence-electron chi connectivity index (χ2n) is 13.6. The molecule has 1 aromatic carbocycles. The van der Waals surface area contributed by atoms with E-state index in [0.717, 1.165) is 31.1 Å². The van der Waals surface area contributed by atoms with Gasteiger partial charge < -0.3 is 33.7 Å². The van der Waals surface area contributed by atoms with Crippen LogP contribution in [0.4, 0.5) is 5.82 Å². The van der Waals surface area contributed by atoms with E-state index in [0.29, 0.717) is 16.9 Å². The Hall–Kier alpha value is -5.92. The smallest absolute Gasteiger partial charge is 0.458 e. The third-order valence-corrected chi connectivity index (χ3v) is 10.9. The second kappa shape index (κ2) is 14.2. The summed E-state index contributed by atoms with van der Waals surface area (Å²) in [7, 11) is -5.30. The minimum atomic E-state index is -5.30. The predicted octanol–water partition coefficient (Wildman–Crippen LogP) is 2.78. The number of para-hydroxylation sites is 1. The van der Waals surface area contributed by atoms with E-state index in [1.54, 1.807) is 6.07 Å². The summed E-state index contributed by atoms with van der Waals surface area (Å²) >= 11 is 0. The standard InChI is InChI=1S/C36H34N7O13P/c1-5-36(23-11-25-27-21(10-20-8-6-7-9-24(20)41-27)12-42(25)33(47)22(23)13-51-35(36)48)56-57(49,50)52-14-26-29(53-18(3)45)30(54-19(4)46)34(55-26)43-16-39-28-31(40-17(2)44)37-15-38-32(28)43/h6-11,15-16,26,29-30,34H,5,12-14H2,1-4H3,(H,49,50)(H,37,38,40,44)/t26-,29-,30-,34-,36+/m1/s1. The van der Waals surface area contributed by atoms with Gasteiger partial charge in [0.05, 0.1) is 41.9 Å². The van der Waals surface area contributed by atoms with Crippen molar-refractivity contribution in [2.24, 2.45) is 0 Å². The van der Waals surface area contributed by atoms with E-state index in [1.165, 1.54) is 29.3 Å². The Balaban J connectivity index is 1.11. The van der Waals surface area contributed by atoms with Gasteiger partial charge in [0.2, 0.25) is 11.5 Å². The van der Waals surface area contributed by atoms with Gasteiger partial charge >= 0.3 is 25.7 Å². The van der Waals surface area contributed by atoms with Gasteiger partial charge in [0, 0.05) is 37.3 Å². The van der Waals surface area contributed by atoms with Gasteiger partial charge in [-0.15, -0.1) is 0 Å². The molecule has 4 aromatic heterocycles. The Morgan fingerprint density at radius 3 is 2.54 bits per heavy atom. The lowest BCUT2D eigenvalue weighted by Gasteiger charge is -2.36. The largest absolute Gasteiger partial charge is 0.473 e. The lowest BCUT2D eigenvalue weighted by atomic mass is 9.86. The number of carbonyl (C=O) groups is 4. The molecule has 0 bridgehead atoms. The number of rotatable bonds is 10. The third-order valence-electron chi connectivity index (χ3n) is 9.87. The van der Waals surface area contributed by atoms with E-state index in [2.05, 4.69) is 20.3 Å². The summed E-state index contributed by atoms with van der Waals surface area (Å²) in [5.41, 5.74) is -0.0556. The number of phosphoric acid groups is 1. The molecule has 296 valence electrons. The zero-order chi connectivity index (χ0) is 40.4. The Morgan fingerprint density at radius 2 is 1.81 bits per heavy atom. The predicted molar refractivity (Wildman–Crippen MR) is 194 cm³/mol. The SMILES string of the molecule is CC[C@@]1(OP(=O)(O)OC[C@H]2O[C@@H](n3cnc4c(NC(C)=O)ncnc43)[C@H](OC(C)=O)[C@@H]2OC(C)=O)C(=O)OCc2c1cc1n(c2=O)Cc2cc3ccccc3nc2-1. The number of fused-ring (bicyclic) bond motifs is 6. The highest BCUT2D eigenvalue weighted by Gasteiger charge is 2.55. The normalized spacial score (nSPS) is 23.3. The highest BCUT2D eigenvalue weighted by Crippen LogP contribution is 2.54. The zero-order valence-electron chi connectivity index (χ0n) is 30.7. The van der Waals surface area contributed by atoms with E-state index in [4.69, 9.17) is 33.0 Å². The molecule has 6 atom stereocenters. The molecule has 8 rings (SSSR count). The van der Waals surface area contributed by atoms with E-state index < -0.39 is 80.6 Å². The van der Waals surface area contributed by atoms with Crippen LogP contribution in [0, 0.1) is 0 Å². The Kier molecular flexibility index (Phi) is 9.48. The summed E-state index contributed by atoms with van der Waals surface area (Å²) in [6, 6.07) is 10.9. The van der Waals surface area contributed by atoms with Gasteiger partial charge in [-0.1, -0.05) is 25.1 Å². The number of amides is 1. The van der Waals surface area contributed by atoms with Gasteiger partial charge in [-0.3, -0.25) is 32.8 Å². The van der Waals surface area contributed by atoms with Crippen LogP contribution < -0.4 is 10.9 Å². The van der Waals surface area contributed by atoms with E-state index in [-0.39, 0.29) is 41.1 Å². The Morgan fingerprint density at radius 1 is 1.05 bits per heavy atom. The fourth-order valence-corrected chi connectivity index (χ4v) is 8.55. The summed E-state index contributed by atoms with van der Waals surface area (Å²) in [5.74, 6) is -2.96. The number of esters is 3. The quantitative estimate of drug-likeness (QED) is 0.115. The number of cyclic esters (lactones) is 1. The third kappa shape index (κ3) is 6.64. The number of nitrogens with one attached hydrogen (secondary N) is 1. The molecular formula is C36H34N7O13P. The topological polar surface area (TPSA) is 251 Å². The molecule has 5 aromatic rings. The molecule has 0 aliphatic carbocycles. The van der Waals surface area contributed by atoms with Crippen molar-refractivity contribution in [1.82, 2.24) is 29.1 Å². The van der Waals surface area contributed by atoms with Gasteiger partial charge in [-0.05, 0) is 24.6 Å². The van der Waals surface area contributed by atoms with E-state index >= 15 is 0 Å². The molecule has 7 heterocycles. The number of carbonyl (C=O) groups excluding carboxylic acids is 4. The molecule has 1 saturated heterocycles. The summed E-state index contributed by atoms with van der Waals surface area (Å²) < 4.78 is 50.6. The van der Waals surface area contributed by atoms with Crippen molar-refractivity contribution in [3.63, 3.8) is 0 Å². The summed E-state index contributed by atoms with van der Waals surface area (Å²) in [6.07, 6.45) is -3.32. The zero-order valence-corrected chi connectivity index (χ0v) is 31.6. The van der Waals surface area contributed by atoms with Crippen molar-refractivity contribution in [1.29, 1.82) is 0 Å². The minimum absolute atomic E-state index is 0.0238. The molecule has 0 saturated carbocycles. The molecule has 20 nitrogen and oxygen atoms in total.